The van der Waals surface area contributed by atoms with Crippen LogP contribution in [0.3, 0.4) is 0 Å². The minimum atomic E-state index is 0.908. The van der Waals surface area contributed by atoms with E-state index in [4.69, 9.17) is 4.52 Å². The monoisotopic (exact) mass is 356 g/mol. The molecule has 27 heavy (non-hydrogen) atoms. The lowest BCUT2D eigenvalue weighted by molar-refractivity contribution is 0.422. The molecule has 136 valence electrons. The lowest BCUT2D eigenvalue weighted by Gasteiger charge is -2.14. The average molecular weight is 356 g/mol. The fraction of sp³-hybridized carbons (Fsp3) is 0.250. The zero-order valence-corrected chi connectivity index (χ0v) is 16.1. The maximum Gasteiger partial charge on any atom is 0.132 e. The van der Waals surface area contributed by atoms with Crippen molar-refractivity contribution in [2.24, 2.45) is 0 Å². The van der Waals surface area contributed by atoms with E-state index in [1.54, 1.807) is 6.26 Å². The zero-order chi connectivity index (χ0) is 18.8. The van der Waals surface area contributed by atoms with Gasteiger partial charge in [-0.05, 0) is 71.2 Å². The molecule has 4 rings (SSSR count). The molecule has 2 aromatic carbocycles. The summed E-state index contributed by atoms with van der Waals surface area (Å²) in [6.45, 7) is 6.67. The summed E-state index contributed by atoms with van der Waals surface area (Å²) in [6.07, 6.45) is 8.58. The quantitative estimate of drug-likeness (QED) is 0.424. The maximum atomic E-state index is 5.40. The summed E-state index contributed by atoms with van der Waals surface area (Å²) in [7, 11) is 0. The second-order valence-electron chi connectivity index (χ2n) is 6.85. The van der Waals surface area contributed by atoms with E-state index in [2.05, 4.69) is 61.2 Å². The number of pyridine rings is 1. The van der Waals surface area contributed by atoms with Crippen LogP contribution in [0.5, 0.6) is 0 Å². The molecular formula is C24H24N2O. The molecule has 0 aliphatic heterocycles. The Hall–Kier alpha value is -2.94. The van der Waals surface area contributed by atoms with Gasteiger partial charge in [0.25, 0.3) is 0 Å². The van der Waals surface area contributed by atoms with E-state index in [0.717, 1.165) is 47.0 Å². The normalized spacial score (nSPS) is 11.2. The van der Waals surface area contributed by atoms with Crippen molar-refractivity contribution in [1.29, 1.82) is 0 Å². The van der Waals surface area contributed by atoms with E-state index in [-0.39, 0.29) is 0 Å². The van der Waals surface area contributed by atoms with Crippen molar-refractivity contribution in [2.75, 3.05) is 0 Å². The Labute approximate surface area is 160 Å². The SMILES string of the molecule is CCc1cc(-c2nocc2-c2ccc3ccncc3c2)cc(CC)c1CC. The van der Waals surface area contributed by atoms with Crippen molar-refractivity contribution in [3.63, 3.8) is 0 Å². The van der Waals surface area contributed by atoms with Crippen LogP contribution in [0.15, 0.2) is 59.6 Å². The molecule has 0 N–H and O–H groups in total. The smallest absolute Gasteiger partial charge is 0.132 e. The molecule has 0 aliphatic carbocycles. The molecule has 4 aromatic rings. The third-order valence-electron chi connectivity index (χ3n) is 5.34. The van der Waals surface area contributed by atoms with Crippen LogP contribution in [0.4, 0.5) is 0 Å². The van der Waals surface area contributed by atoms with Gasteiger partial charge in [0.05, 0.1) is 0 Å². The van der Waals surface area contributed by atoms with Crippen LogP contribution in [0, 0.1) is 0 Å². The highest BCUT2D eigenvalue weighted by atomic mass is 16.5. The first-order valence-electron chi connectivity index (χ1n) is 9.68. The molecule has 0 radical (unpaired) electrons. The number of nitrogens with zero attached hydrogens (tertiary/aromatic N) is 2. The van der Waals surface area contributed by atoms with Gasteiger partial charge in [-0.25, -0.2) is 0 Å². The van der Waals surface area contributed by atoms with Crippen LogP contribution in [0.25, 0.3) is 33.2 Å². The molecule has 0 spiro atoms. The van der Waals surface area contributed by atoms with Gasteiger partial charge >= 0.3 is 0 Å². The predicted octanol–water partition coefficient (Wildman–Crippen LogP) is 6.24. The van der Waals surface area contributed by atoms with E-state index in [1.807, 2.05) is 18.5 Å². The molecule has 0 bridgehead atoms. The summed E-state index contributed by atoms with van der Waals surface area (Å²) in [6, 6.07) is 13.0. The van der Waals surface area contributed by atoms with E-state index in [1.165, 1.54) is 22.1 Å². The molecule has 0 atom stereocenters. The lowest BCUT2D eigenvalue weighted by Crippen LogP contribution is -1.99. The first-order chi connectivity index (χ1) is 13.2. The van der Waals surface area contributed by atoms with Crippen LogP contribution in [0.2, 0.25) is 0 Å². The molecule has 2 aromatic heterocycles. The van der Waals surface area contributed by atoms with Crippen molar-refractivity contribution in [2.45, 2.75) is 40.0 Å². The van der Waals surface area contributed by atoms with Crippen LogP contribution >= 0.6 is 0 Å². The highest BCUT2D eigenvalue weighted by molar-refractivity contribution is 5.89. The van der Waals surface area contributed by atoms with Crippen molar-refractivity contribution in [3.8, 4) is 22.4 Å². The number of fused-ring (bicyclic) bond motifs is 1. The van der Waals surface area contributed by atoms with Gasteiger partial charge in [-0.15, -0.1) is 0 Å². The molecule has 2 heterocycles. The molecule has 3 nitrogen and oxygen atoms in total. The van der Waals surface area contributed by atoms with Gasteiger partial charge in [0.1, 0.15) is 12.0 Å². The zero-order valence-electron chi connectivity index (χ0n) is 16.1. The minimum absolute atomic E-state index is 0.908. The van der Waals surface area contributed by atoms with Crippen LogP contribution < -0.4 is 0 Å². The molecule has 0 aliphatic rings. The fourth-order valence-corrected chi connectivity index (χ4v) is 3.92. The Bertz CT molecular complexity index is 1070. The third-order valence-corrected chi connectivity index (χ3v) is 5.34. The van der Waals surface area contributed by atoms with Crippen molar-refractivity contribution < 1.29 is 4.52 Å². The van der Waals surface area contributed by atoms with Crippen molar-refractivity contribution in [1.82, 2.24) is 10.1 Å². The number of aromatic nitrogens is 2. The molecular weight excluding hydrogens is 332 g/mol. The van der Waals surface area contributed by atoms with Gasteiger partial charge in [-0.2, -0.15) is 0 Å². The summed E-state index contributed by atoms with van der Waals surface area (Å²) in [5.74, 6) is 0. The van der Waals surface area contributed by atoms with Crippen LogP contribution in [0.1, 0.15) is 37.5 Å². The summed E-state index contributed by atoms with van der Waals surface area (Å²) in [4.78, 5) is 4.24. The van der Waals surface area contributed by atoms with Gasteiger partial charge in [-0.1, -0.05) is 38.1 Å². The first kappa shape index (κ1) is 17.5. The summed E-state index contributed by atoms with van der Waals surface area (Å²) in [5.41, 5.74) is 8.45. The Morgan fingerprint density at radius 3 is 2.30 bits per heavy atom. The van der Waals surface area contributed by atoms with Gasteiger partial charge < -0.3 is 4.52 Å². The van der Waals surface area contributed by atoms with Gasteiger partial charge in [-0.3, -0.25) is 4.98 Å². The van der Waals surface area contributed by atoms with Gasteiger partial charge in [0.15, 0.2) is 0 Å². The second-order valence-corrected chi connectivity index (χ2v) is 6.85. The van der Waals surface area contributed by atoms with Crippen LogP contribution in [-0.2, 0) is 19.3 Å². The number of benzene rings is 2. The largest absolute Gasteiger partial charge is 0.363 e. The molecule has 0 fully saturated rings. The highest BCUT2D eigenvalue weighted by Crippen LogP contribution is 2.35. The fourth-order valence-electron chi connectivity index (χ4n) is 3.92. The molecule has 0 saturated heterocycles. The summed E-state index contributed by atoms with van der Waals surface area (Å²) in [5, 5.41) is 6.66. The first-order valence-corrected chi connectivity index (χ1v) is 9.68. The van der Waals surface area contributed by atoms with E-state index < -0.39 is 0 Å². The molecule has 0 saturated carbocycles. The Kier molecular flexibility index (Phi) is 4.76. The summed E-state index contributed by atoms with van der Waals surface area (Å²) < 4.78 is 5.40. The van der Waals surface area contributed by atoms with Gasteiger partial charge in [0.2, 0.25) is 0 Å². The van der Waals surface area contributed by atoms with E-state index in [9.17, 15) is 0 Å². The standard InChI is InChI=1S/C24H24N2O/c1-4-16-11-20(12-17(5-2)22(16)6-3)24-23(15-27-26-24)19-8-7-18-9-10-25-14-21(18)13-19/h7-15H,4-6H2,1-3H3. The Balaban J connectivity index is 1.86. The maximum absolute atomic E-state index is 5.40. The topological polar surface area (TPSA) is 38.9 Å². The molecule has 0 amide bonds. The van der Waals surface area contributed by atoms with Crippen LogP contribution in [-0.4, -0.2) is 10.1 Å². The number of hydrogen-bond acceptors (Lipinski definition) is 3. The predicted molar refractivity (Wildman–Crippen MR) is 111 cm³/mol. The van der Waals surface area contributed by atoms with Crippen molar-refractivity contribution in [3.05, 3.63) is 71.7 Å². The number of rotatable bonds is 5. The molecule has 3 heteroatoms. The van der Waals surface area contributed by atoms with Crippen molar-refractivity contribution >= 4 is 10.8 Å². The third kappa shape index (κ3) is 3.14. The molecule has 0 unspecified atom stereocenters. The Morgan fingerprint density at radius 2 is 1.59 bits per heavy atom. The number of aryl methyl sites for hydroxylation is 2. The number of hydrogen-bond donors (Lipinski definition) is 0. The second kappa shape index (κ2) is 7.36. The minimum Gasteiger partial charge on any atom is -0.363 e. The average Bonchev–Trinajstić information content (AvgIpc) is 3.22. The van der Waals surface area contributed by atoms with E-state index >= 15 is 0 Å². The lowest BCUT2D eigenvalue weighted by atomic mass is 9.90. The van der Waals surface area contributed by atoms with Gasteiger partial charge in [0, 0.05) is 28.9 Å². The summed E-state index contributed by atoms with van der Waals surface area (Å²) >= 11 is 0. The van der Waals surface area contributed by atoms with E-state index in [0.29, 0.717) is 0 Å². The Morgan fingerprint density at radius 1 is 0.815 bits per heavy atom. The highest BCUT2D eigenvalue weighted by Gasteiger charge is 2.16.